The molecule has 0 bridgehead atoms. The summed E-state index contributed by atoms with van der Waals surface area (Å²) >= 11 is 10.5. The summed E-state index contributed by atoms with van der Waals surface area (Å²) in [6, 6.07) is 0. The molecule has 194 valence electrons. The van der Waals surface area contributed by atoms with E-state index in [9.17, 15) is 0 Å². The SMILES string of the molecule is CCCCCCCSCCP(=[Se])(CCSCCCCCCC)CCSCCCCCCC. The van der Waals surface area contributed by atoms with Crippen molar-refractivity contribution in [3.8, 4) is 0 Å². The summed E-state index contributed by atoms with van der Waals surface area (Å²) < 4.78 is 0. The van der Waals surface area contributed by atoms with Crippen LogP contribution >= 0.6 is 40.8 Å². The molecule has 0 aliphatic rings. The molecule has 0 N–H and O–H groups in total. The Morgan fingerprint density at radius 1 is 0.406 bits per heavy atom. The van der Waals surface area contributed by atoms with Crippen molar-refractivity contribution >= 4 is 55.9 Å². The molecule has 0 saturated heterocycles. The van der Waals surface area contributed by atoms with Crippen molar-refractivity contribution in [1.29, 1.82) is 0 Å². The average molecular weight is 588 g/mol. The molecule has 0 nitrogen and oxygen atoms in total. The van der Waals surface area contributed by atoms with Crippen molar-refractivity contribution in [1.82, 2.24) is 0 Å². The number of hydrogen-bond donors (Lipinski definition) is 0. The standard InChI is InChI=1S/C27H57PS3Se/c1-4-7-10-13-16-22-29-25-19-28(32,20-26-30-23-17-14-11-8-5-2)21-27-31-24-18-15-12-9-6-3/h4-27H2,1-3H3. The zero-order valence-electron chi connectivity index (χ0n) is 22.1. The maximum absolute atomic E-state index is 3.82. The molecule has 0 fully saturated rings. The van der Waals surface area contributed by atoms with E-state index in [2.05, 4.69) is 71.2 Å². The Hall–Kier alpha value is 2.00. The second-order valence-corrected chi connectivity index (χ2v) is 21.3. The third-order valence-corrected chi connectivity index (χ3v) is 16.8. The molecule has 0 unspecified atom stereocenters. The minimum absolute atomic E-state index is 0.856. The Balaban J connectivity index is 4.06. The Morgan fingerprint density at radius 3 is 0.969 bits per heavy atom. The molecule has 0 aromatic heterocycles. The molecule has 32 heavy (non-hydrogen) atoms. The molecule has 0 rings (SSSR count). The first-order chi connectivity index (χ1) is 15.7. The van der Waals surface area contributed by atoms with Gasteiger partial charge in [0.15, 0.2) is 0 Å². The average Bonchev–Trinajstić information content (AvgIpc) is 2.79. The molecule has 0 aliphatic carbocycles. The molecule has 0 radical (unpaired) electrons. The van der Waals surface area contributed by atoms with Gasteiger partial charge >= 0.3 is 226 Å². The quantitative estimate of drug-likeness (QED) is 0.0533. The summed E-state index contributed by atoms with van der Waals surface area (Å²) in [4.78, 5) is 0. The molecule has 0 aromatic rings. The summed E-state index contributed by atoms with van der Waals surface area (Å²) in [6.07, 6.45) is 25.8. The van der Waals surface area contributed by atoms with Crippen LogP contribution in [0.4, 0.5) is 0 Å². The summed E-state index contributed by atoms with van der Waals surface area (Å²) in [5.41, 5.74) is -0.856. The van der Waals surface area contributed by atoms with Gasteiger partial charge in [-0.2, -0.15) is 0 Å². The Labute approximate surface area is 224 Å². The van der Waals surface area contributed by atoms with E-state index in [1.54, 1.807) is 0 Å². The van der Waals surface area contributed by atoms with E-state index in [-0.39, 0.29) is 0 Å². The van der Waals surface area contributed by atoms with E-state index >= 15 is 0 Å². The summed E-state index contributed by atoms with van der Waals surface area (Å²) in [5.74, 6) is 8.38. The van der Waals surface area contributed by atoms with Crippen LogP contribution in [0, 0.1) is 0 Å². The van der Waals surface area contributed by atoms with E-state index in [0.717, 1.165) is 0 Å². The molecule has 0 amide bonds. The zero-order chi connectivity index (χ0) is 23.6. The fourth-order valence-electron chi connectivity index (χ4n) is 3.76. The first-order valence-electron chi connectivity index (χ1n) is 14.0. The second kappa shape index (κ2) is 27.6. The maximum atomic E-state index is 3.82. The van der Waals surface area contributed by atoms with Gasteiger partial charge in [0, 0.05) is 0 Å². The monoisotopic (exact) mass is 588 g/mol. The predicted octanol–water partition coefficient (Wildman–Crippen LogP) is 10.2. The van der Waals surface area contributed by atoms with Crippen molar-refractivity contribution in [3.63, 3.8) is 0 Å². The van der Waals surface area contributed by atoms with Crippen molar-refractivity contribution in [2.45, 2.75) is 117 Å². The molecule has 0 saturated carbocycles. The van der Waals surface area contributed by atoms with Gasteiger partial charge in [-0.1, -0.05) is 0 Å². The fraction of sp³-hybridized carbons (Fsp3) is 1.00. The summed E-state index contributed by atoms with van der Waals surface area (Å²) in [7, 11) is 0. The normalized spacial score (nSPS) is 12.0. The van der Waals surface area contributed by atoms with E-state index in [1.807, 2.05) is 0 Å². The van der Waals surface area contributed by atoms with Gasteiger partial charge in [-0.15, -0.1) is 0 Å². The van der Waals surface area contributed by atoms with Crippen LogP contribution in [0.5, 0.6) is 0 Å². The van der Waals surface area contributed by atoms with Crippen LogP contribution in [0.25, 0.3) is 0 Å². The van der Waals surface area contributed by atoms with Crippen LogP contribution in [0.15, 0.2) is 0 Å². The first kappa shape index (κ1) is 34.0. The van der Waals surface area contributed by atoms with Gasteiger partial charge in [-0.25, -0.2) is 0 Å². The molecule has 0 atom stereocenters. The molecular formula is C27H57PS3Se. The minimum atomic E-state index is -0.856. The van der Waals surface area contributed by atoms with Crippen molar-refractivity contribution in [2.24, 2.45) is 0 Å². The van der Waals surface area contributed by atoms with Crippen molar-refractivity contribution in [2.75, 3.05) is 53.0 Å². The number of hydrogen-bond acceptors (Lipinski definition) is 3. The van der Waals surface area contributed by atoms with Gasteiger partial charge in [-0.3, -0.25) is 0 Å². The van der Waals surface area contributed by atoms with Crippen LogP contribution in [0.2, 0.25) is 0 Å². The van der Waals surface area contributed by atoms with Crippen LogP contribution in [-0.4, -0.2) is 68.1 Å². The van der Waals surface area contributed by atoms with Gasteiger partial charge in [0.05, 0.1) is 0 Å². The summed E-state index contributed by atoms with van der Waals surface area (Å²) in [6.45, 7) is 6.93. The third-order valence-electron chi connectivity index (χ3n) is 6.11. The first-order valence-corrected chi connectivity index (χ1v) is 22.0. The van der Waals surface area contributed by atoms with Crippen LogP contribution < -0.4 is 0 Å². The van der Waals surface area contributed by atoms with Gasteiger partial charge in [0.25, 0.3) is 0 Å². The second-order valence-electron chi connectivity index (χ2n) is 9.31. The number of rotatable bonds is 27. The Morgan fingerprint density at radius 2 is 0.688 bits per heavy atom. The predicted molar refractivity (Wildman–Crippen MR) is 166 cm³/mol. The Kier molecular flexibility index (Phi) is 29.3. The van der Waals surface area contributed by atoms with E-state index in [1.165, 1.54) is 149 Å². The van der Waals surface area contributed by atoms with Crippen molar-refractivity contribution < 1.29 is 0 Å². The molecule has 0 aliphatic heterocycles. The third kappa shape index (κ3) is 25.1. The van der Waals surface area contributed by atoms with E-state index in [4.69, 9.17) is 0 Å². The zero-order valence-corrected chi connectivity index (χ0v) is 27.1. The van der Waals surface area contributed by atoms with Gasteiger partial charge in [-0.05, 0) is 0 Å². The molecule has 0 aromatic carbocycles. The van der Waals surface area contributed by atoms with Crippen LogP contribution in [0.3, 0.4) is 0 Å². The van der Waals surface area contributed by atoms with Crippen molar-refractivity contribution in [3.05, 3.63) is 0 Å². The molecule has 5 heteroatoms. The van der Waals surface area contributed by atoms with Gasteiger partial charge in [0.2, 0.25) is 0 Å². The van der Waals surface area contributed by atoms with Gasteiger partial charge in [0.1, 0.15) is 0 Å². The Bertz CT molecular complexity index is 349. The summed E-state index contributed by atoms with van der Waals surface area (Å²) in [5, 5.41) is 0. The van der Waals surface area contributed by atoms with Crippen LogP contribution in [0.1, 0.15) is 117 Å². The van der Waals surface area contributed by atoms with Crippen LogP contribution in [-0.2, 0) is 0 Å². The molecule has 0 heterocycles. The number of thioether (sulfide) groups is 3. The fourth-order valence-corrected chi connectivity index (χ4v) is 16.0. The molecular weight excluding hydrogens is 530 g/mol. The number of unbranched alkanes of at least 4 members (excludes halogenated alkanes) is 12. The van der Waals surface area contributed by atoms with E-state index in [0.29, 0.717) is 0 Å². The molecule has 0 spiro atoms. The van der Waals surface area contributed by atoms with E-state index < -0.39 is 5.51 Å². The van der Waals surface area contributed by atoms with Gasteiger partial charge < -0.3 is 0 Å². The topological polar surface area (TPSA) is 0 Å².